The Morgan fingerprint density at radius 3 is 2.55 bits per heavy atom. The number of nitrogens with zero attached hydrogens (tertiary/aromatic N) is 1. The van der Waals surface area contributed by atoms with E-state index < -0.39 is 0 Å². The van der Waals surface area contributed by atoms with Gasteiger partial charge in [0.1, 0.15) is 5.75 Å². The fraction of sp³-hybridized carbons (Fsp3) is 0.133. The van der Waals surface area contributed by atoms with E-state index in [0.29, 0.717) is 4.77 Å². The summed E-state index contributed by atoms with van der Waals surface area (Å²) in [6, 6.07) is 14.2. The van der Waals surface area contributed by atoms with E-state index in [1.165, 1.54) is 4.90 Å². The van der Waals surface area contributed by atoms with Crippen molar-refractivity contribution >= 4 is 35.0 Å². The number of hydrogen-bond acceptors (Lipinski definition) is 3. The van der Waals surface area contributed by atoms with Crippen LogP contribution in [0.1, 0.15) is 0 Å². The van der Waals surface area contributed by atoms with E-state index in [1.54, 1.807) is 18.9 Å². The highest BCUT2D eigenvalue weighted by Crippen LogP contribution is 2.25. The number of fused-ring (bicyclic) bond motifs is 1. The number of benzene rings is 2. The van der Waals surface area contributed by atoms with Crippen LogP contribution in [0, 0.1) is 4.77 Å². The largest absolute Gasteiger partial charge is 0.497 e. The van der Waals surface area contributed by atoms with Crippen LogP contribution in [0.4, 0.5) is 0 Å². The van der Waals surface area contributed by atoms with Crippen LogP contribution in [-0.2, 0) is 0 Å². The summed E-state index contributed by atoms with van der Waals surface area (Å²) in [4.78, 5) is 4.46. The lowest BCUT2D eigenvalue weighted by molar-refractivity contribution is 0.415. The molecule has 0 aliphatic heterocycles. The molecule has 0 saturated heterocycles. The molecule has 0 bridgehead atoms. The highest BCUT2D eigenvalue weighted by Gasteiger charge is 2.07. The van der Waals surface area contributed by atoms with Gasteiger partial charge in [0.15, 0.2) is 4.77 Å². The van der Waals surface area contributed by atoms with E-state index in [1.807, 2.05) is 22.8 Å². The van der Waals surface area contributed by atoms with Gasteiger partial charge in [0.2, 0.25) is 0 Å². The van der Waals surface area contributed by atoms with Gasteiger partial charge in [-0.05, 0) is 54.9 Å². The van der Waals surface area contributed by atoms with Crippen molar-refractivity contribution in [1.29, 1.82) is 0 Å². The van der Waals surface area contributed by atoms with Crippen LogP contribution in [0.3, 0.4) is 0 Å². The molecule has 0 aliphatic carbocycles. The standard InChI is InChI=1S/C15H14N2OS2/c1-18-11-5-8-13-14(9-11)17(15(19)16-13)10-3-6-12(20-2)7-4-10/h3-9H,1-2H3,(H,16,19). The second-order valence-electron chi connectivity index (χ2n) is 4.35. The van der Waals surface area contributed by atoms with Gasteiger partial charge in [-0.2, -0.15) is 0 Å². The Balaban J connectivity index is 2.23. The van der Waals surface area contributed by atoms with Crippen LogP contribution in [0.2, 0.25) is 0 Å². The fourth-order valence-electron chi connectivity index (χ4n) is 2.20. The highest BCUT2D eigenvalue weighted by molar-refractivity contribution is 7.98. The SMILES string of the molecule is COc1ccc2[nH]c(=S)n(-c3ccc(SC)cc3)c2c1. The van der Waals surface area contributed by atoms with Gasteiger partial charge in [-0.1, -0.05) is 0 Å². The predicted molar refractivity (Wildman–Crippen MR) is 86.8 cm³/mol. The molecule has 2 aromatic carbocycles. The van der Waals surface area contributed by atoms with Gasteiger partial charge in [0.25, 0.3) is 0 Å². The number of thioether (sulfide) groups is 1. The van der Waals surface area contributed by atoms with Crippen molar-refractivity contribution in [3.8, 4) is 11.4 Å². The van der Waals surface area contributed by atoms with E-state index in [9.17, 15) is 0 Å². The molecule has 1 aromatic heterocycles. The normalized spacial score (nSPS) is 10.9. The first-order chi connectivity index (χ1) is 9.72. The molecule has 0 spiro atoms. The van der Waals surface area contributed by atoms with Crippen LogP contribution in [0.15, 0.2) is 47.4 Å². The zero-order valence-corrected chi connectivity index (χ0v) is 12.8. The van der Waals surface area contributed by atoms with Gasteiger partial charge in [-0.25, -0.2) is 0 Å². The highest BCUT2D eigenvalue weighted by atomic mass is 32.2. The molecular formula is C15H14N2OS2. The first-order valence-electron chi connectivity index (χ1n) is 6.16. The number of imidazole rings is 1. The summed E-state index contributed by atoms with van der Waals surface area (Å²) in [7, 11) is 1.67. The first kappa shape index (κ1) is 13.3. The Hall–Kier alpha value is -1.72. The number of rotatable bonds is 3. The van der Waals surface area contributed by atoms with Crippen molar-refractivity contribution in [1.82, 2.24) is 9.55 Å². The summed E-state index contributed by atoms with van der Waals surface area (Å²) in [5.74, 6) is 0.820. The second-order valence-corrected chi connectivity index (χ2v) is 5.61. The molecule has 0 amide bonds. The van der Waals surface area contributed by atoms with Crippen LogP contribution in [0.5, 0.6) is 5.75 Å². The third-order valence-electron chi connectivity index (χ3n) is 3.22. The molecule has 5 heteroatoms. The molecule has 0 unspecified atom stereocenters. The maximum atomic E-state index is 5.44. The van der Waals surface area contributed by atoms with Gasteiger partial charge in [0.05, 0.1) is 18.1 Å². The Labute approximate surface area is 126 Å². The molecule has 0 radical (unpaired) electrons. The Kier molecular flexibility index (Phi) is 3.54. The van der Waals surface area contributed by atoms with E-state index in [4.69, 9.17) is 17.0 Å². The fourth-order valence-corrected chi connectivity index (χ4v) is 2.92. The molecule has 3 aromatic rings. The number of aromatic amines is 1. The molecule has 3 nitrogen and oxygen atoms in total. The molecule has 1 heterocycles. The lowest BCUT2D eigenvalue weighted by Gasteiger charge is -2.06. The zero-order valence-electron chi connectivity index (χ0n) is 11.2. The van der Waals surface area contributed by atoms with E-state index in [-0.39, 0.29) is 0 Å². The van der Waals surface area contributed by atoms with Gasteiger partial charge in [-0.15, -0.1) is 11.8 Å². The monoisotopic (exact) mass is 302 g/mol. The number of H-pyrrole nitrogens is 1. The van der Waals surface area contributed by atoms with Crippen LogP contribution in [0.25, 0.3) is 16.7 Å². The molecule has 0 aliphatic rings. The molecule has 102 valence electrons. The molecule has 0 fully saturated rings. The number of nitrogens with one attached hydrogen (secondary N) is 1. The molecule has 0 saturated carbocycles. The van der Waals surface area contributed by atoms with E-state index in [0.717, 1.165) is 22.5 Å². The van der Waals surface area contributed by atoms with Crippen LogP contribution < -0.4 is 4.74 Å². The molecule has 20 heavy (non-hydrogen) atoms. The maximum absolute atomic E-state index is 5.44. The summed E-state index contributed by atoms with van der Waals surface area (Å²) < 4.78 is 8.00. The minimum atomic E-state index is 0.685. The summed E-state index contributed by atoms with van der Waals surface area (Å²) in [5, 5.41) is 0. The lowest BCUT2D eigenvalue weighted by atomic mass is 10.2. The Bertz CT molecular complexity index is 803. The van der Waals surface area contributed by atoms with Crippen molar-refractivity contribution in [2.75, 3.05) is 13.4 Å². The number of hydrogen-bond donors (Lipinski definition) is 1. The molecular weight excluding hydrogens is 288 g/mol. The van der Waals surface area contributed by atoms with Crippen molar-refractivity contribution in [3.63, 3.8) is 0 Å². The van der Waals surface area contributed by atoms with Gasteiger partial charge in [0, 0.05) is 16.6 Å². The van der Waals surface area contributed by atoms with Crippen LogP contribution in [-0.4, -0.2) is 22.9 Å². The Morgan fingerprint density at radius 1 is 1.15 bits per heavy atom. The minimum Gasteiger partial charge on any atom is -0.497 e. The average Bonchev–Trinajstić information content (AvgIpc) is 2.82. The van der Waals surface area contributed by atoms with Gasteiger partial charge < -0.3 is 9.72 Å². The maximum Gasteiger partial charge on any atom is 0.182 e. The third-order valence-corrected chi connectivity index (χ3v) is 4.25. The van der Waals surface area contributed by atoms with Gasteiger partial charge in [-0.3, -0.25) is 4.57 Å². The van der Waals surface area contributed by atoms with Crippen molar-refractivity contribution in [3.05, 3.63) is 47.2 Å². The number of ether oxygens (including phenoxy) is 1. The zero-order chi connectivity index (χ0) is 14.1. The molecule has 0 atom stereocenters. The topological polar surface area (TPSA) is 29.9 Å². The smallest absolute Gasteiger partial charge is 0.182 e. The number of methoxy groups -OCH3 is 1. The second kappa shape index (κ2) is 5.34. The summed E-state index contributed by atoms with van der Waals surface area (Å²) >= 11 is 7.16. The van der Waals surface area contributed by atoms with E-state index in [2.05, 4.69) is 35.5 Å². The lowest BCUT2D eigenvalue weighted by Crippen LogP contribution is -1.94. The third kappa shape index (κ3) is 2.23. The van der Waals surface area contributed by atoms with Crippen LogP contribution >= 0.6 is 24.0 Å². The van der Waals surface area contributed by atoms with Crippen molar-refractivity contribution in [2.45, 2.75) is 4.90 Å². The number of aromatic nitrogens is 2. The van der Waals surface area contributed by atoms with E-state index >= 15 is 0 Å². The predicted octanol–water partition coefficient (Wildman–Crippen LogP) is 4.42. The quantitative estimate of drug-likeness (QED) is 0.574. The summed E-state index contributed by atoms with van der Waals surface area (Å²) in [6.07, 6.45) is 2.07. The van der Waals surface area contributed by atoms with Crippen molar-refractivity contribution in [2.24, 2.45) is 0 Å². The summed E-state index contributed by atoms with van der Waals surface area (Å²) in [5.41, 5.74) is 3.07. The Morgan fingerprint density at radius 2 is 1.90 bits per heavy atom. The average molecular weight is 302 g/mol. The van der Waals surface area contributed by atoms with Crippen molar-refractivity contribution < 1.29 is 4.74 Å². The molecule has 1 N–H and O–H groups in total. The van der Waals surface area contributed by atoms with Gasteiger partial charge >= 0.3 is 0 Å². The molecule has 3 rings (SSSR count). The summed E-state index contributed by atoms with van der Waals surface area (Å²) in [6.45, 7) is 0. The minimum absolute atomic E-state index is 0.685. The first-order valence-corrected chi connectivity index (χ1v) is 7.79.